The molecular weight excluding hydrogens is 438 g/mol. The van der Waals surface area contributed by atoms with Crippen molar-refractivity contribution in [2.45, 2.75) is 9.79 Å². The van der Waals surface area contributed by atoms with E-state index in [1.54, 1.807) is 30.6 Å². The van der Waals surface area contributed by atoms with Gasteiger partial charge in [-0.15, -0.1) is 0 Å². The van der Waals surface area contributed by atoms with Crippen LogP contribution in [0.25, 0.3) is 11.1 Å². The number of nitrogens with zero attached hydrogens (tertiary/aromatic N) is 1. The largest absolute Gasteiger partial charge is 0.322 e. The molecule has 8 heteroatoms. The van der Waals surface area contributed by atoms with E-state index in [1.165, 1.54) is 30.3 Å². The number of pyridine rings is 1. The van der Waals surface area contributed by atoms with Gasteiger partial charge in [0.05, 0.1) is 21.0 Å². The summed E-state index contributed by atoms with van der Waals surface area (Å²) >= 11 is 0. The van der Waals surface area contributed by atoms with E-state index in [9.17, 15) is 18.0 Å². The van der Waals surface area contributed by atoms with Gasteiger partial charge in [0.1, 0.15) is 0 Å². The lowest BCUT2D eigenvalue weighted by Crippen LogP contribution is -2.14. The SMILES string of the molecule is O=C(Nc1cccc(-c2cccnc2)c1)c1ccc2c(c1)NC(=O)c1ccccc1S2(=O)=O. The second-order valence-electron chi connectivity index (χ2n) is 7.44. The Bertz CT molecular complexity index is 1520. The summed E-state index contributed by atoms with van der Waals surface area (Å²) in [6.45, 7) is 0. The lowest BCUT2D eigenvalue weighted by molar-refractivity contribution is 0.101. The van der Waals surface area contributed by atoms with Gasteiger partial charge < -0.3 is 10.6 Å². The maximum atomic E-state index is 13.1. The second-order valence-corrected chi connectivity index (χ2v) is 9.33. The molecule has 0 saturated carbocycles. The van der Waals surface area contributed by atoms with Crippen LogP contribution in [0.3, 0.4) is 0 Å². The standard InChI is InChI=1S/C25H17N3O4S/c29-24(27-19-7-3-5-16(13-19)18-6-4-12-26-15-18)17-10-11-23-21(14-17)28-25(30)20-8-1-2-9-22(20)33(23,31)32/h1-15H,(H,27,29)(H,28,30). The van der Waals surface area contributed by atoms with E-state index in [0.29, 0.717) is 5.69 Å². The zero-order chi connectivity index (χ0) is 23.0. The molecule has 0 aliphatic carbocycles. The molecule has 1 aromatic heterocycles. The van der Waals surface area contributed by atoms with Crippen molar-refractivity contribution < 1.29 is 18.0 Å². The molecule has 7 nitrogen and oxygen atoms in total. The summed E-state index contributed by atoms with van der Waals surface area (Å²) in [5.74, 6) is -0.982. The third kappa shape index (κ3) is 3.77. The summed E-state index contributed by atoms with van der Waals surface area (Å²) in [6, 6.07) is 21.2. The van der Waals surface area contributed by atoms with Gasteiger partial charge in [-0.05, 0) is 54.1 Å². The molecule has 3 aromatic carbocycles. The number of aromatic nitrogens is 1. The van der Waals surface area contributed by atoms with Crippen LogP contribution in [0.15, 0.2) is 101 Å². The van der Waals surface area contributed by atoms with E-state index >= 15 is 0 Å². The number of carbonyl (C=O) groups excluding carboxylic acids is 2. The average molecular weight is 455 g/mol. The van der Waals surface area contributed by atoms with Crippen LogP contribution in [0.1, 0.15) is 20.7 Å². The number of sulfone groups is 1. The molecule has 4 aromatic rings. The molecule has 1 aliphatic heterocycles. The topological polar surface area (TPSA) is 105 Å². The van der Waals surface area contributed by atoms with E-state index < -0.39 is 21.7 Å². The Kier molecular flexibility index (Phi) is 4.99. The van der Waals surface area contributed by atoms with Crippen molar-refractivity contribution in [1.29, 1.82) is 0 Å². The van der Waals surface area contributed by atoms with Crippen LogP contribution in [-0.2, 0) is 9.84 Å². The van der Waals surface area contributed by atoms with E-state index in [-0.39, 0.29) is 26.6 Å². The quantitative estimate of drug-likeness (QED) is 0.476. The van der Waals surface area contributed by atoms with Gasteiger partial charge in [0.15, 0.2) is 0 Å². The fourth-order valence-corrected chi connectivity index (χ4v) is 5.30. The molecule has 2 N–H and O–H groups in total. The Hall–Kier alpha value is -4.30. The van der Waals surface area contributed by atoms with Gasteiger partial charge in [-0.3, -0.25) is 14.6 Å². The normalized spacial score (nSPS) is 13.8. The van der Waals surface area contributed by atoms with E-state index in [2.05, 4.69) is 15.6 Å². The molecule has 2 amide bonds. The third-order valence-corrected chi connectivity index (χ3v) is 7.19. The first kappa shape index (κ1) is 20.6. The smallest absolute Gasteiger partial charge is 0.257 e. The van der Waals surface area contributed by atoms with Gasteiger partial charge in [-0.2, -0.15) is 0 Å². The number of anilines is 2. The Labute approximate surface area is 190 Å². The molecule has 0 saturated heterocycles. The van der Waals surface area contributed by atoms with E-state index in [0.717, 1.165) is 11.1 Å². The lowest BCUT2D eigenvalue weighted by Gasteiger charge is -2.11. The number of hydrogen-bond acceptors (Lipinski definition) is 5. The fourth-order valence-electron chi connectivity index (χ4n) is 3.71. The Morgan fingerprint density at radius 1 is 0.848 bits per heavy atom. The molecule has 2 heterocycles. The lowest BCUT2D eigenvalue weighted by atomic mass is 10.1. The van der Waals surface area contributed by atoms with Crippen LogP contribution in [-0.4, -0.2) is 25.2 Å². The first-order valence-corrected chi connectivity index (χ1v) is 11.5. The molecule has 0 bridgehead atoms. The Balaban J connectivity index is 1.46. The highest BCUT2D eigenvalue weighted by Crippen LogP contribution is 2.34. The maximum Gasteiger partial charge on any atom is 0.257 e. The summed E-state index contributed by atoms with van der Waals surface area (Å²) < 4.78 is 26.2. The van der Waals surface area contributed by atoms with Crippen LogP contribution in [0.5, 0.6) is 0 Å². The molecular formula is C25H17N3O4S. The summed E-state index contributed by atoms with van der Waals surface area (Å²) in [7, 11) is -3.93. The molecule has 33 heavy (non-hydrogen) atoms. The molecule has 0 fully saturated rings. The Morgan fingerprint density at radius 2 is 1.67 bits per heavy atom. The van der Waals surface area contributed by atoms with Gasteiger partial charge >= 0.3 is 0 Å². The molecule has 1 aliphatic rings. The molecule has 0 spiro atoms. The van der Waals surface area contributed by atoms with Crippen molar-refractivity contribution >= 4 is 33.0 Å². The van der Waals surface area contributed by atoms with Crippen molar-refractivity contribution in [3.63, 3.8) is 0 Å². The number of nitrogens with one attached hydrogen (secondary N) is 2. The minimum atomic E-state index is -3.93. The summed E-state index contributed by atoms with van der Waals surface area (Å²) in [5, 5.41) is 5.44. The number of rotatable bonds is 3. The zero-order valence-corrected chi connectivity index (χ0v) is 18.0. The molecule has 0 atom stereocenters. The highest BCUT2D eigenvalue weighted by molar-refractivity contribution is 7.91. The predicted octanol–water partition coefficient (Wildman–Crippen LogP) is 4.40. The molecule has 0 radical (unpaired) electrons. The van der Waals surface area contributed by atoms with Gasteiger partial charge in [-0.1, -0.05) is 30.3 Å². The predicted molar refractivity (Wildman–Crippen MR) is 124 cm³/mol. The second kappa shape index (κ2) is 7.99. The molecule has 162 valence electrons. The van der Waals surface area contributed by atoms with Crippen LogP contribution in [0.2, 0.25) is 0 Å². The van der Waals surface area contributed by atoms with Crippen LogP contribution >= 0.6 is 0 Å². The zero-order valence-electron chi connectivity index (χ0n) is 17.1. The first-order valence-electron chi connectivity index (χ1n) is 10.0. The van der Waals surface area contributed by atoms with Crippen molar-refractivity contribution in [3.8, 4) is 11.1 Å². The number of fused-ring (bicyclic) bond motifs is 2. The monoisotopic (exact) mass is 455 g/mol. The van der Waals surface area contributed by atoms with Gasteiger partial charge in [-0.25, -0.2) is 8.42 Å². The highest BCUT2D eigenvalue weighted by Gasteiger charge is 2.31. The van der Waals surface area contributed by atoms with Crippen molar-refractivity contribution in [2.24, 2.45) is 0 Å². The van der Waals surface area contributed by atoms with Crippen LogP contribution in [0.4, 0.5) is 11.4 Å². The number of carbonyl (C=O) groups is 2. The van der Waals surface area contributed by atoms with Gasteiger partial charge in [0.2, 0.25) is 9.84 Å². The summed E-state index contributed by atoms with van der Waals surface area (Å²) in [4.78, 5) is 29.5. The van der Waals surface area contributed by atoms with Crippen LogP contribution in [0, 0.1) is 0 Å². The van der Waals surface area contributed by atoms with Crippen molar-refractivity contribution in [2.75, 3.05) is 10.6 Å². The number of amides is 2. The van der Waals surface area contributed by atoms with E-state index in [1.807, 2.05) is 30.3 Å². The first-order chi connectivity index (χ1) is 15.9. The highest BCUT2D eigenvalue weighted by atomic mass is 32.2. The van der Waals surface area contributed by atoms with Crippen molar-refractivity contribution in [1.82, 2.24) is 4.98 Å². The van der Waals surface area contributed by atoms with Gasteiger partial charge in [0, 0.05) is 29.2 Å². The third-order valence-electron chi connectivity index (χ3n) is 5.32. The fraction of sp³-hybridized carbons (Fsp3) is 0. The average Bonchev–Trinajstić information content (AvgIpc) is 2.92. The molecule has 0 unspecified atom stereocenters. The summed E-state index contributed by atoms with van der Waals surface area (Å²) in [6.07, 6.45) is 3.42. The molecule has 5 rings (SSSR count). The van der Waals surface area contributed by atoms with Crippen molar-refractivity contribution in [3.05, 3.63) is 102 Å². The van der Waals surface area contributed by atoms with Crippen LogP contribution < -0.4 is 10.6 Å². The minimum Gasteiger partial charge on any atom is -0.322 e. The number of benzene rings is 3. The Morgan fingerprint density at radius 3 is 2.48 bits per heavy atom. The van der Waals surface area contributed by atoms with Gasteiger partial charge in [0.25, 0.3) is 11.8 Å². The van der Waals surface area contributed by atoms with E-state index in [4.69, 9.17) is 0 Å². The minimum absolute atomic E-state index is 0.0593. The summed E-state index contributed by atoms with van der Waals surface area (Å²) in [5.41, 5.74) is 2.70. The number of hydrogen-bond donors (Lipinski definition) is 2. The maximum absolute atomic E-state index is 13.1.